The fraction of sp³-hybridized carbons (Fsp3) is 0.463. The summed E-state index contributed by atoms with van der Waals surface area (Å²) in [5.41, 5.74) is 2.73. The number of amides is 1. The number of allylic oxidation sites excluding steroid dienone is 1. The Morgan fingerprint density at radius 2 is 1.76 bits per heavy atom. The summed E-state index contributed by atoms with van der Waals surface area (Å²) in [7, 11) is 1.73. The predicted molar refractivity (Wildman–Crippen MR) is 286 cm³/mol. The number of ether oxygens (including phenoxy) is 2. The van der Waals surface area contributed by atoms with Gasteiger partial charge in [-0.3, -0.25) is 19.3 Å². The van der Waals surface area contributed by atoms with Crippen LogP contribution >= 0.6 is 35.3 Å². The second kappa shape index (κ2) is 23.1. The van der Waals surface area contributed by atoms with E-state index in [0.29, 0.717) is 47.3 Å². The maximum Gasteiger partial charge on any atom is 0.446 e. The number of anilines is 2. The van der Waals surface area contributed by atoms with Crippen LogP contribution in [0.3, 0.4) is 0 Å². The van der Waals surface area contributed by atoms with E-state index in [1.807, 2.05) is 74.3 Å². The molecule has 4 aliphatic rings. The number of fused-ring (bicyclic) bond motifs is 3. The number of nitrogens with one attached hydrogen (secondary N) is 3. The standard InChI is InChI=1S/C33H35ClN4O2.C21H31F3N4O2S2/c1-33(2)11-9-25(30(19-33)23-3-6-27(34)7-4-23)21-37-13-15-38(16-14-37)28-8-5-26(22-39)31(18-28)40-29-17-24-10-12-35-32(24)36-20-29;1-20(2,3)30-19(29)28-13-14-10-15(28)12-27(14)9-5-8-26-17-7-6-16(32-25-4)11-18(17)31-21(22,23)24/h3-8,10,12,17-18,20,22H,9,11,13-16,19,21H2,1-2H3,(H,35,36);6-7,11,14-15,25-26H,5,8-10,12-13H2,1-4H3. The number of aromatic nitrogens is 2. The highest BCUT2D eigenvalue weighted by atomic mass is 35.5. The average Bonchev–Trinajstić information content (AvgIpc) is 4.08. The number of pyridine rings is 1. The van der Waals surface area contributed by atoms with Crippen LogP contribution in [0.25, 0.3) is 16.6 Å². The Kier molecular flexibility index (Phi) is 17.1. The van der Waals surface area contributed by atoms with Crippen LogP contribution in [0.5, 0.6) is 11.5 Å². The van der Waals surface area contributed by atoms with Crippen molar-refractivity contribution in [2.24, 2.45) is 5.41 Å². The van der Waals surface area contributed by atoms with Gasteiger partial charge in [0.15, 0.2) is 6.29 Å². The molecule has 9 rings (SSSR count). The Balaban J connectivity index is 0.000000198. The number of rotatable bonds is 15. The summed E-state index contributed by atoms with van der Waals surface area (Å²) in [6, 6.07) is 23.6. The molecule has 5 heterocycles. The molecule has 3 aliphatic heterocycles. The molecule has 3 fully saturated rings. The van der Waals surface area contributed by atoms with Crippen molar-refractivity contribution in [2.75, 3.05) is 76.2 Å². The number of likely N-dealkylation sites (tertiary alicyclic amines) is 2. The van der Waals surface area contributed by atoms with Crippen molar-refractivity contribution in [3.05, 3.63) is 107 Å². The summed E-state index contributed by atoms with van der Waals surface area (Å²) < 4.78 is 53.4. The molecule has 0 radical (unpaired) electrons. The highest BCUT2D eigenvalue weighted by molar-refractivity contribution is 8.00. The summed E-state index contributed by atoms with van der Waals surface area (Å²) in [5, 5.41) is 4.91. The molecule has 0 saturated carbocycles. The molecule has 12 nitrogen and oxygen atoms in total. The molecule has 1 aliphatic carbocycles. The smallest absolute Gasteiger partial charge is 0.446 e. The molecule has 2 bridgehead atoms. The van der Waals surface area contributed by atoms with Gasteiger partial charge >= 0.3 is 11.6 Å². The molecule has 2 atom stereocenters. The Labute approximate surface area is 434 Å². The maximum atomic E-state index is 13.0. The number of carbonyl (C=O) groups excluding carboxylic acids is 2. The van der Waals surface area contributed by atoms with Gasteiger partial charge in [0.1, 0.15) is 22.7 Å². The van der Waals surface area contributed by atoms with Gasteiger partial charge in [0, 0.05) is 115 Å². The molecular weight excluding hydrogens is 981 g/mol. The molecule has 3 aromatic carbocycles. The van der Waals surface area contributed by atoms with Gasteiger partial charge in [-0.15, -0.1) is 0 Å². The Hall–Kier alpha value is -4.91. The molecule has 2 unspecified atom stereocenters. The van der Waals surface area contributed by atoms with Crippen molar-refractivity contribution in [2.45, 2.75) is 99.7 Å². The lowest BCUT2D eigenvalue weighted by molar-refractivity contribution is -0.0328. The summed E-state index contributed by atoms with van der Waals surface area (Å²) in [5.74, 6) is 1.16. The highest BCUT2D eigenvalue weighted by Gasteiger charge is 2.46. The van der Waals surface area contributed by atoms with Crippen LogP contribution in [0.15, 0.2) is 101 Å². The predicted octanol–water partition coefficient (Wildman–Crippen LogP) is 12.6. The third kappa shape index (κ3) is 14.2. The minimum absolute atomic E-state index is 0.0961. The summed E-state index contributed by atoms with van der Waals surface area (Å²) in [4.78, 5) is 41.7. The first-order chi connectivity index (χ1) is 34.3. The average molecular weight is 1050 g/mol. The van der Waals surface area contributed by atoms with Crippen LogP contribution in [0.1, 0.15) is 82.6 Å². The van der Waals surface area contributed by atoms with Gasteiger partial charge < -0.3 is 29.6 Å². The molecule has 1 amide bonds. The lowest BCUT2D eigenvalue weighted by Gasteiger charge is -2.39. The van der Waals surface area contributed by atoms with E-state index in [4.69, 9.17) is 21.1 Å². The fourth-order valence-corrected chi connectivity index (χ4v) is 11.5. The van der Waals surface area contributed by atoms with E-state index in [9.17, 15) is 22.8 Å². The van der Waals surface area contributed by atoms with Crippen molar-refractivity contribution in [3.8, 4) is 11.5 Å². The van der Waals surface area contributed by atoms with E-state index in [2.05, 4.69) is 60.7 Å². The number of aromatic amines is 1. The number of hydrogen-bond acceptors (Lipinski definition) is 12. The van der Waals surface area contributed by atoms with Crippen molar-refractivity contribution in [1.82, 2.24) is 29.4 Å². The zero-order valence-electron chi connectivity index (χ0n) is 41.9. The molecule has 18 heteroatoms. The van der Waals surface area contributed by atoms with Gasteiger partial charge in [0.2, 0.25) is 0 Å². The van der Waals surface area contributed by atoms with E-state index in [1.165, 1.54) is 29.5 Å². The summed E-state index contributed by atoms with van der Waals surface area (Å²) in [6.45, 7) is 18.1. The number of carbonyl (C=O) groups is 2. The number of nitrogens with zero attached hydrogens (tertiary/aromatic N) is 5. The SMILES string of the molecule is CC1(C)CCC(CN2CCN(c3ccc(C=O)c(Oc4cnc5[nH]ccc5c4)c3)CC2)=C(c2ccc(Cl)cc2)C1.CNSc1ccc(NCCCN2CC3CC2CN3C(=O)OC(C)(C)C)c(SC(F)(F)F)c1. The number of piperazine rings is 2. The van der Waals surface area contributed by atoms with Crippen molar-refractivity contribution in [3.63, 3.8) is 0 Å². The number of alkyl halides is 3. The second-order valence-electron chi connectivity index (χ2n) is 20.7. The third-order valence-corrected chi connectivity index (χ3v) is 15.3. The third-order valence-electron chi connectivity index (χ3n) is 13.6. The van der Waals surface area contributed by atoms with Crippen LogP contribution in [-0.2, 0) is 4.74 Å². The fourth-order valence-electron chi connectivity index (χ4n) is 10.0. The maximum absolute atomic E-state index is 13.0. The lowest BCUT2D eigenvalue weighted by atomic mass is 9.72. The van der Waals surface area contributed by atoms with Gasteiger partial charge in [0.25, 0.3) is 0 Å². The number of halogens is 4. The summed E-state index contributed by atoms with van der Waals surface area (Å²) >= 11 is 7.37. The zero-order valence-corrected chi connectivity index (χ0v) is 44.3. The Morgan fingerprint density at radius 1 is 0.986 bits per heavy atom. The number of aldehydes is 1. The lowest BCUT2D eigenvalue weighted by Crippen LogP contribution is -2.50. The zero-order chi connectivity index (χ0) is 51.2. The number of H-pyrrole nitrogens is 1. The van der Waals surface area contributed by atoms with Crippen LogP contribution in [0.2, 0.25) is 5.02 Å². The Morgan fingerprint density at radius 3 is 2.46 bits per heavy atom. The normalized spacial score (nSPS) is 19.4. The van der Waals surface area contributed by atoms with E-state index >= 15 is 0 Å². The first-order valence-electron chi connectivity index (χ1n) is 24.7. The number of thioether (sulfide) groups is 1. The first kappa shape index (κ1) is 53.4. The van der Waals surface area contributed by atoms with Gasteiger partial charge in [-0.1, -0.05) is 43.2 Å². The van der Waals surface area contributed by atoms with Crippen LogP contribution in [0, 0.1) is 5.41 Å². The monoisotopic (exact) mass is 1050 g/mol. The number of benzene rings is 3. The van der Waals surface area contributed by atoms with Crippen LogP contribution < -0.4 is 19.7 Å². The quantitative estimate of drug-likeness (QED) is 0.0401. The molecule has 5 aromatic rings. The van der Waals surface area contributed by atoms with Crippen molar-refractivity contribution in [1.29, 1.82) is 0 Å². The highest BCUT2D eigenvalue weighted by Crippen LogP contribution is 2.44. The molecule has 386 valence electrons. The van der Waals surface area contributed by atoms with Gasteiger partial charge in [0.05, 0.1) is 11.8 Å². The van der Waals surface area contributed by atoms with E-state index in [0.717, 1.165) is 104 Å². The Bertz CT molecular complexity index is 2710. The van der Waals surface area contributed by atoms with Crippen molar-refractivity contribution >= 4 is 75.7 Å². The minimum Gasteiger partial charge on any atom is -0.455 e. The van der Waals surface area contributed by atoms with E-state index < -0.39 is 11.1 Å². The minimum atomic E-state index is -4.34. The molecule has 72 heavy (non-hydrogen) atoms. The van der Waals surface area contributed by atoms with Crippen molar-refractivity contribution < 1.29 is 32.2 Å². The molecular formula is C54H66ClF3N8O4S2. The molecule has 3 N–H and O–H groups in total. The largest absolute Gasteiger partial charge is 0.455 e. The number of hydrogen-bond donors (Lipinski definition) is 3. The second-order valence-corrected chi connectivity index (χ2v) is 23.3. The van der Waals surface area contributed by atoms with Gasteiger partial charge in [-0.05, 0) is 155 Å². The van der Waals surface area contributed by atoms with E-state index in [1.54, 1.807) is 37.0 Å². The molecule has 0 spiro atoms. The van der Waals surface area contributed by atoms with Crippen LogP contribution in [-0.4, -0.2) is 126 Å². The van der Waals surface area contributed by atoms with Gasteiger partial charge in [-0.25, -0.2) is 9.78 Å². The topological polar surface area (TPSA) is 118 Å². The first-order valence-corrected chi connectivity index (χ1v) is 26.7. The molecule has 2 aromatic heterocycles. The van der Waals surface area contributed by atoms with Gasteiger partial charge in [-0.2, -0.15) is 13.2 Å². The summed E-state index contributed by atoms with van der Waals surface area (Å²) in [6.07, 6.45) is 9.34. The van der Waals surface area contributed by atoms with Crippen LogP contribution in [0.4, 0.5) is 29.3 Å². The van der Waals surface area contributed by atoms with E-state index in [-0.39, 0.29) is 28.8 Å². The molecule has 3 saturated heterocycles.